The maximum atomic E-state index is 12.9. The molecule has 0 saturated carbocycles. The van der Waals surface area contributed by atoms with Crippen LogP contribution >= 0.6 is 11.6 Å². The molecule has 3 aromatic carbocycles. The van der Waals surface area contributed by atoms with Crippen LogP contribution < -0.4 is 19.5 Å². The van der Waals surface area contributed by atoms with Crippen LogP contribution in [0.2, 0.25) is 5.02 Å². The Bertz CT molecular complexity index is 1240. The molecule has 0 aliphatic carbocycles. The molecule has 0 aromatic heterocycles. The van der Waals surface area contributed by atoms with Gasteiger partial charge >= 0.3 is 0 Å². The van der Waals surface area contributed by atoms with Crippen molar-refractivity contribution < 1.29 is 22.7 Å². The van der Waals surface area contributed by atoms with Gasteiger partial charge in [-0.3, -0.25) is 9.52 Å². The minimum atomic E-state index is -3.96. The van der Waals surface area contributed by atoms with Crippen LogP contribution in [0.4, 0.5) is 11.4 Å². The lowest BCUT2D eigenvalue weighted by atomic mass is 10.2. The second-order valence-corrected chi connectivity index (χ2v) is 8.66. The van der Waals surface area contributed by atoms with Crippen LogP contribution in [0.3, 0.4) is 0 Å². The van der Waals surface area contributed by atoms with Gasteiger partial charge in [0.25, 0.3) is 10.0 Å². The van der Waals surface area contributed by atoms with Crippen molar-refractivity contribution in [2.75, 3.05) is 24.3 Å². The Kier molecular flexibility index (Phi) is 7.40. The van der Waals surface area contributed by atoms with Gasteiger partial charge in [-0.15, -0.1) is 0 Å². The van der Waals surface area contributed by atoms with E-state index in [2.05, 4.69) is 10.0 Å². The van der Waals surface area contributed by atoms with Crippen molar-refractivity contribution in [2.24, 2.45) is 0 Å². The minimum Gasteiger partial charge on any atom is -0.495 e. The van der Waals surface area contributed by atoms with Gasteiger partial charge in [-0.1, -0.05) is 35.9 Å². The van der Waals surface area contributed by atoms with Crippen molar-refractivity contribution in [3.63, 3.8) is 0 Å². The Morgan fingerprint density at radius 1 is 0.906 bits per heavy atom. The van der Waals surface area contributed by atoms with Gasteiger partial charge in [-0.2, -0.15) is 0 Å². The number of rotatable bonds is 8. The molecular weight excluding hydrogens is 452 g/mol. The molecule has 3 rings (SSSR count). The lowest BCUT2D eigenvalue weighted by molar-refractivity contribution is -0.111. The largest absolute Gasteiger partial charge is 0.495 e. The number of benzene rings is 3. The second kappa shape index (κ2) is 10.2. The number of sulfonamides is 1. The molecule has 0 aliphatic heterocycles. The van der Waals surface area contributed by atoms with Crippen LogP contribution in [-0.4, -0.2) is 28.5 Å². The van der Waals surface area contributed by atoms with Crippen molar-refractivity contribution in [1.29, 1.82) is 0 Å². The standard InChI is InChI=1S/C23H21ClN2O5S/c1-30-21-6-4-3-5-19(21)26-32(28,29)18-12-13-22(31-2)20(15-18)25-23(27)14-9-16-7-10-17(24)11-8-16/h3-15,26H,1-2H3,(H,25,27)/b14-9+. The van der Waals surface area contributed by atoms with Gasteiger partial charge in [-0.05, 0) is 54.1 Å². The number of nitrogens with one attached hydrogen (secondary N) is 2. The number of methoxy groups -OCH3 is 2. The molecule has 7 nitrogen and oxygen atoms in total. The van der Waals surface area contributed by atoms with E-state index >= 15 is 0 Å². The zero-order valence-electron chi connectivity index (χ0n) is 17.3. The summed E-state index contributed by atoms with van der Waals surface area (Å²) in [5, 5.41) is 3.24. The number of para-hydroxylation sites is 2. The van der Waals surface area contributed by atoms with Gasteiger partial charge in [0.2, 0.25) is 5.91 Å². The number of carbonyl (C=O) groups is 1. The molecule has 0 saturated heterocycles. The Hall–Kier alpha value is -3.49. The molecule has 0 fully saturated rings. The summed E-state index contributed by atoms with van der Waals surface area (Å²) in [6.45, 7) is 0. The number of ether oxygens (including phenoxy) is 2. The summed E-state index contributed by atoms with van der Waals surface area (Å²) in [5.41, 5.74) is 1.29. The summed E-state index contributed by atoms with van der Waals surface area (Å²) < 4.78 is 38.7. The normalized spacial score (nSPS) is 11.2. The van der Waals surface area contributed by atoms with E-state index in [0.717, 1.165) is 5.56 Å². The molecule has 2 N–H and O–H groups in total. The van der Waals surface area contributed by atoms with Crippen LogP contribution in [-0.2, 0) is 14.8 Å². The zero-order chi connectivity index (χ0) is 23.1. The Morgan fingerprint density at radius 2 is 1.56 bits per heavy atom. The Labute approximate surface area is 191 Å². The van der Waals surface area contributed by atoms with E-state index in [1.807, 2.05) is 0 Å². The highest BCUT2D eigenvalue weighted by molar-refractivity contribution is 7.92. The van der Waals surface area contributed by atoms with Crippen LogP contribution in [0.5, 0.6) is 11.5 Å². The van der Waals surface area contributed by atoms with Crippen molar-refractivity contribution in [3.05, 3.63) is 83.4 Å². The van der Waals surface area contributed by atoms with Crippen molar-refractivity contribution in [1.82, 2.24) is 0 Å². The fraction of sp³-hybridized carbons (Fsp3) is 0.0870. The minimum absolute atomic E-state index is 0.0545. The van der Waals surface area contributed by atoms with Crippen LogP contribution in [0, 0.1) is 0 Å². The number of amides is 1. The third-order valence-electron chi connectivity index (χ3n) is 4.39. The van der Waals surface area contributed by atoms with Gasteiger partial charge in [-0.25, -0.2) is 8.42 Å². The molecule has 3 aromatic rings. The first-order valence-electron chi connectivity index (χ1n) is 9.41. The predicted octanol–water partition coefficient (Wildman–Crippen LogP) is 4.81. The van der Waals surface area contributed by atoms with E-state index in [9.17, 15) is 13.2 Å². The van der Waals surface area contributed by atoms with E-state index in [1.165, 1.54) is 38.5 Å². The summed E-state index contributed by atoms with van der Waals surface area (Å²) in [5.74, 6) is 0.241. The summed E-state index contributed by atoms with van der Waals surface area (Å²) in [7, 11) is -1.08. The molecule has 0 radical (unpaired) electrons. The molecule has 9 heteroatoms. The maximum Gasteiger partial charge on any atom is 0.262 e. The Balaban J connectivity index is 1.83. The summed E-state index contributed by atoms with van der Waals surface area (Å²) in [4.78, 5) is 12.3. The second-order valence-electron chi connectivity index (χ2n) is 6.54. The van der Waals surface area contributed by atoms with Crippen molar-refractivity contribution in [2.45, 2.75) is 4.90 Å². The first kappa shape index (κ1) is 23.2. The van der Waals surface area contributed by atoms with Crippen molar-refractivity contribution in [3.8, 4) is 11.5 Å². The summed E-state index contributed by atoms with van der Waals surface area (Å²) in [6, 6.07) is 17.8. The molecule has 166 valence electrons. The third-order valence-corrected chi connectivity index (χ3v) is 6.00. The SMILES string of the molecule is COc1ccc(S(=O)(=O)Nc2ccccc2OC)cc1NC(=O)/C=C/c1ccc(Cl)cc1. The molecule has 32 heavy (non-hydrogen) atoms. The highest BCUT2D eigenvalue weighted by Gasteiger charge is 2.19. The topological polar surface area (TPSA) is 93.7 Å². The molecule has 0 heterocycles. The van der Waals surface area contributed by atoms with Gasteiger partial charge in [0.05, 0.1) is 30.5 Å². The van der Waals surface area contributed by atoms with Crippen molar-refractivity contribution >= 4 is 45.0 Å². The molecule has 0 spiro atoms. The monoisotopic (exact) mass is 472 g/mol. The molecule has 0 atom stereocenters. The number of hydrogen-bond acceptors (Lipinski definition) is 5. The third kappa shape index (κ3) is 5.81. The highest BCUT2D eigenvalue weighted by atomic mass is 35.5. The van der Waals surface area contributed by atoms with E-state index in [1.54, 1.807) is 54.6 Å². The fourth-order valence-corrected chi connectivity index (χ4v) is 4.03. The quantitative estimate of drug-likeness (QED) is 0.459. The van der Waals surface area contributed by atoms with Crippen LogP contribution in [0.15, 0.2) is 77.7 Å². The lowest BCUT2D eigenvalue weighted by Gasteiger charge is -2.14. The van der Waals surface area contributed by atoms with Gasteiger partial charge in [0.1, 0.15) is 11.5 Å². The smallest absolute Gasteiger partial charge is 0.262 e. The maximum absolute atomic E-state index is 12.9. The Morgan fingerprint density at radius 3 is 2.25 bits per heavy atom. The predicted molar refractivity (Wildman–Crippen MR) is 126 cm³/mol. The average molecular weight is 473 g/mol. The average Bonchev–Trinajstić information content (AvgIpc) is 2.78. The number of carbonyl (C=O) groups excluding carboxylic acids is 1. The van der Waals surface area contributed by atoms with Crippen LogP contribution in [0.25, 0.3) is 6.08 Å². The van der Waals surface area contributed by atoms with E-state index in [-0.39, 0.29) is 10.6 Å². The molecule has 0 unspecified atom stereocenters. The number of halogens is 1. The fourth-order valence-electron chi connectivity index (χ4n) is 2.80. The molecular formula is C23H21ClN2O5S. The number of anilines is 2. The zero-order valence-corrected chi connectivity index (χ0v) is 18.9. The molecule has 1 amide bonds. The molecule has 0 bridgehead atoms. The van der Waals surface area contributed by atoms with Gasteiger partial charge < -0.3 is 14.8 Å². The highest BCUT2D eigenvalue weighted by Crippen LogP contribution is 2.30. The van der Waals surface area contributed by atoms with Gasteiger partial charge in [0, 0.05) is 11.1 Å². The van der Waals surface area contributed by atoms with E-state index in [0.29, 0.717) is 22.2 Å². The van der Waals surface area contributed by atoms with Crippen LogP contribution in [0.1, 0.15) is 5.56 Å². The van der Waals surface area contributed by atoms with E-state index < -0.39 is 15.9 Å². The first-order valence-corrected chi connectivity index (χ1v) is 11.3. The first-order chi connectivity index (χ1) is 15.3. The lowest BCUT2D eigenvalue weighted by Crippen LogP contribution is -2.15. The summed E-state index contributed by atoms with van der Waals surface area (Å²) in [6.07, 6.45) is 2.94. The molecule has 0 aliphatic rings. The van der Waals surface area contributed by atoms with Gasteiger partial charge in [0.15, 0.2) is 0 Å². The van der Waals surface area contributed by atoms with E-state index in [4.69, 9.17) is 21.1 Å². The number of hydrogen-bond donors (Lipinski definition) is 2. The summed E-state index contributed by atoms with van der Waals surface area (Å²) >= 11 is 5.86.